The number of guanidine groups is 1. The average Bonchev–Trinajstić information content (AvgIpc) is 2.38. The Bertz CT molecular complexity index is 232. The molecule has 0 saturated carbocycles. The van der Waals surface area contributed by atoms with E-state index in [1.54, 1.807) is 0 Å². The van der Waals surface area contributed by atoms with E-state index in [9.17, 15) is 0 Å². The summed E-state index contributed by atoms with van der Waals surface area (Å²) >= 11 is 1.99. The lowest BCUT2D eigenvalue weighted by Crippen LogP contribution is -2.43. The second kappa shape index (κ2) is 11.2. The predicted molar refractivity (Wildman–Crippen MR) is 93.2 cm³/mol. The van der Waals surface area contributed by atoms with Crippen molar-refractivity contribution >= 4 is 41.7 Å². The quantitative estimate of drug-likeness (QED) is 0.429. The Balaban J connectivity index is 0.00000289. The van der Waals surface area contributed by atoms with Gasteiger partial charge >= 0.3 is 0 Å². The van der Waals surface area contributed by atoms with E-state index in [0.717, 1.165) is 45.2 Å². The molecule has 0 bridgehead atoms. The third-order valence-corrected chi connectivity index (χ3v) is 3.95. The molecule has 0 aliphatic carbocycles. The Morgan fingerprint density at radius 2 is 1.94 bits per heavy atom. The molecule has 1 fully saturated rings. The maximum atomic E-state index is 6.00. The van der Waals surface area contributed by atoms with Crippen molar-refractivity contribution in [3.05, 3.63) is 0 Å². The molecular weight excluding hydrogens is 359 g/mol. The third kappa shape index (κ3) is 7.04. The first-order valence-corrected chi connectivity index (χ1v) is 7.78. The van der Waals surface area contributed by atoms with Crippen LogP contribution in [0, 0.1) is 0 Å². The van der Waals surface area contributed by atoms with Gasteiger partial charge in [-0.25, -0.2) is 0 Å². The molecule has 0 aromatic carbocycles. The Labute approximate surface area is 133 Å². The standard InChI is InChI=1S/C12H26N4S.HI/c1-3-6-15(4-2)7-5-14-12(13)16-8-10-17-11-9-16;/h3-11H2,1-2H3,(H2,13,14);1H. The van der Waals surface area contributed by atoms with Crippen LogP contribution in [0.25, 0.3) is 0 Å². The molecule has 0 aromatic heterocycles. The van der Waals surface area contributed by atoms with Crippen LogP contribution in [-0.4, -0.2) is 66.5 Å². The highest BCUT2D eigenvalue weighted by Gasteiger charge is 2.11. The van der Waals surface area contributed by atoms with E-state index in [1.165, 1.54) is 17.9 Å². The van der Waals surface area contributed by atoms with Gasteiger partial charge in [0.25, 0.3) is 0 Å². The van der Waals surface area contributed by atoms with Crippen LogP contribution >= 0.6 is 35.7 Å². The third-order valence-electron chi connectivity index (χ3n) is 3.01. The number of hydrogen-bond acceptors (Lipinski definition) is 3. The van der Waals surface area contributed by atoms with Crippen molar-refractivity contribution < 1.29 is 0 Å². The fourth-order valence-electron chi connectivity index (χ4n) is 1.94. The van der Waals surface area contributed by atoms with E-state index in [-0.39, 0.29) is 24.0 Å². The van der Waals surface area contributed by atoms with Gasteiger partial charge in [-0.2, -0.15) is 11.8 Å². The van der Waals surface area contributed by atoms with Crippen LogP contribution in [0.5, 0.6) is 0 Å². The molecule has 108 valence electrons. The molecule has 0 amide bonds. The van der Waals surface area contributed by atoms with Gasteiger partial charge in [-0.05, 0) is 19.5 Å². The Kier molecular flexibility index (Phi) is 11.4. The molecule has 0 aromatic rings. The van der Waals surface area contributed by atoms with Crippen LogP contribution in [0.15, 0.2) is 4.99 Å². The molecule has 18 heavy (non-hydrogen) atoms. The molecule has 0 unspecified atom stereocenters. The summed E-state index contributed by atoms with van der Waals surface area (Å²) in [6.45, 7) is 10.6. The van der Waals surface area contributed by atoms with E-state index >= 15 is 0 Å². The molecule has 1 aliphatic heterocycles. The van der Waals surface area contributed by atoms with Crippen LogP contribution in [0.4, 0.5) is 0 Å². The van der Waals surface area contributed by atoms with Gasteiger partial charge < -0.3 is 15.5 Å². The highest BCUT2D eigenvalue weighted by molar-refractivity contribution is 14.0. The molecule has 1 aliphatic rings. The summed E-state index contributed by atoms with van der Waals surface area (Å²) in [4.78, 5) is 9.11. The molecule has 1 rings (SSSR count). The van der Waals surface area contributed by atoms with E-state index in [0.29, 0.717) is 0 Å². The fourth-order valence-corrected chi connectivity index (χ4v) is 2.85. The van der Waals surface area contributed by atoms with Crippen molar-refractivity contribution in [2.75, 3.05) is 50.8 Å². The van der Waals surface area contributed by atoms with Crippen LogP contribution in [0.1, 0.15) is 20.3 Å². The minimum absolute atomic E-state index is 0. The molecule has 4 nitrogen and oxygen atoms in total. The largest absolute Gasteiger partial charge is 0.370 e. The Hall–Kier alpha value is 0.310. The van der Waals surface area contributed by atoms with Crippen molar-refractivity contribution in [3.8, 4) is 0 Å². The average molecular weight is 386 g/mol. The highest BCUT2D eigenvalue weighted by atomic mass is 127. The molecule has 2 N–H and O–H groups in total. The summed E-state index contributed by atoms with van der Waals surface area (Å²) in [5.74, 6) is 3.08. The van der Waals surface area contributed by atoms with Gasteiger partial charge in [-0.15, -0.1) is 24.0 Å². The van der Waals surface area contributed by atoms with Gasteiger partial charge in [0.15, 0.2) is 5.96 Å². The number of halogens is 1. The van der Waals surface area contributed by atoms with Gasteiger partial charge in [0.1, 0.15) is 0 Å². The van der Waals surface area contributed by atoms with Gasteiger partial charge in [0.2, 0.25) is 0 Å². The van der Waals surface area contributed by atoms with Crippen LogP contribution in [0.2, 0.25) is 0 Å². The van der Waals surface area contributed by atoms with E-state index < -0.39 is 0 Å². The number of thioether (sulfide) groups is 1. The lowest BCUT2D eigenvalue weighted by atomic mass is 10.4. The van der Waals surface area contributed by atoms with E-state index in [2.05, 4.69) is 28.6 Å². The monoisotopic (exact) mass is 386 g/mol. The summed E-state index contributed by atoms with van der Waals surface area (Å²) in [5.41, 5.74) is 6.00. The number of nitrogens with zero attached hydrogens (tertiary/aromatic N) is 3. The first-order valence-electron chi connectivity index (χ1n) is 6.62. The van der Waals surface area contributed by atoms with Crippen molar-refractivity contribution in [1.29, 1.82) is 0 Å². The topological polar surface area (TPSA) is 44.9 Å². The predicted octanol–water partition coefficient (Wildman–Crippen LogP) is 1.70. The van der Waals surface area contributed by atoms with E-state index in [1.807, 2.05) is 11.8 Å². The molecule has 0 radical (unpaired) electrons. The maximum absolute atomic E-state index is 6.00. The molecule has 0 spiro atoms. The number of aliphatic imine (C=N–C) groups is 1. The summed E-state index contributed by atoms with van der Waals surface area (Å²) in [5, 5.41) is 0. The lowest BCUT2D eigenvalue weighted by Gasteiger charge is -2.27. The van der Waals surface area contributed by atoms with Gasteiger partial charge in [-0.1, -0.05) is 13.8 Å². The maximum Gasteiger partial charge on any atom is 0.191 e. The summed E-state index contributed by atoms with van der Waals surface area (Å²) in [6.07, 6.45) is 1.20. The van der Waals surface area contributed by atoms with Gasteiger partial charge in [-0.3, -0.25) is 4.99 Å². The second-order valence-corrected chi connectivity index (χ2v) is 5.50. The smallest absolute Gasteiger partial charge is 0.191 e. The van der Waals surface area contributed by atoms with Crippen molar-refractivity contribution in [2.45, 2.75) is 20.3 Å². The minimum atomic E-state index is 0. The summed E-state index contributed by atoms with van der Waals surface area (Å²) in [7, 11) is 0. The fraction of sp³-hybridized carbons (Fsp3) is 0.917. The zero-order valence-corrected chi connectivity index (χ0v) is 14.7. The van der Waals surface area contributed by atoms with Crippen molar-refractivity contribution in [1.82, 2.24) is 9.80 Å². The second-order valence-electron chi connectivity index (χ2n) is 4.27. The SMILES string of the molecule is CCCN(CC)CCN=C(N)N1CCSCC1.I. The number of nitrogens with two attached hydrogens (primary N) is 1. The first-order chi connectivity index (χ1) is 8.27. The van der Waals surface area contributed by atoms with Crippen molar-refractivity contribution in [2.24, 2.45) is 10.7 Å². The first kappa shape index (κ1) is 18.3. The van der Waals surface area contributed by atoms with Crippen LogP contribution in [-0.2, 0) is 0 Å². The number of hydrogen-bond donors (Lipinski definition) is 1. The lowest BCUT2D eigenvalue weighted by molar-refractivity contribution is 0.296. The van der Waals surface area contributed by atoms with Gasteiger partial charge in [0.05, 0.1) is 6.54 Å². The molecule has 1 heterocycles. The summed E-state index contributed by atoms with van der Waals surface area (Å²) < 4.78 is 0. The molecular formula is C12H27IN4S. The molecule has 1 saturated heterocycles. The van der Waals surface area contributed by atoms with Crippen molar-refractivity contribution in [3.63, 3.8) is 0 Å². The van der Waals surface area contributed by atoms with E-state index in [4.69, 9.17) is 5.73 Å². The zero-order valence-electron chi connectivity index (χ0n) is 11.6. The Morgan fingerprint density at radius 3 is 2.50 bits per heavy atom. The normalized spacial score (nSPS) is 16.8. The summed E-state index contributed by atoms with van der Waals surface area (Å²) in [6, 6.07) is 0. The van der Waals surface area contributed by atoms with Crippen LogP contribution in [0.3, 0.4) is 0 Å². The zero-order chi connectivity index (χ0) is 12.5. The Morgan fingerprint density at radius 1 is 1.28 bits per heavy atom. The highest BCUT2D eigenvalue weighted by Crippen LogP contribution is 2.08. The molecule has 6 heteroatoms. The molecule has 0 atom stereocenters. The number of likely N-dealkylation sites (N-methyl/N-ethyl adjacent to an activating group) is 1. The minimum Gasteiger partial charge on any atom is -0.370 e. The van der Waals surface area contributed by atoms with Gasteiger partial charge in [0, 0.05) is 31.1 Å². The van der Waals surface area contributed by atoms with Crippen LogP contribution < -0.4 is 5.73 Å². The number of rotatable bonds is 6.